The van der Waals surface area contributed by atoms with Crippen LogP contribution in [0.2, 0.25) is 0 Å². The summed E-state index contributed by atoms with van der Waals surface area (Å²) in [5, 5.41) is 2.89. The van der Waals surface area contributed by atoms with E-state index in [0.29, 0.717) is 5.56 Å². The van der Waals surface area contributed by atoms with Crippen molar-refractivity contribution in [2.45, 2.75) is 6.17 Å². The lowest BCUT2D eigenvalue weighted by atomic mass is 10.2. The molecular formula is C12H11BrN2O. The topological polar surface area (TPSA) is 32.3 Å². The summed E-state index contributed by atoms with van der Waals surface area (Å²) >= 11 is 3.34. The number of nitrogens with one attached hydrogen (secondary N) is 1. The van der Waals surface area contributed by atoms with Gasteiger partial charge in [0.2, 0.25) is 0 Å². The molecule has 1 amide bonds. The SMILES string of the molecule is O=C(NC1C=CC=CN1Br)c1ccccc1. The van der Waals surface area contributed by atoms with E-state index in [1.807, 2.05) is 42.6 Å². The number of nitrogens with zero attached hydrogens (tertiary/aromatic N) is 1. The maximum atomic E-state index is 11.8. The van der Waals surface area contributed by atoms with E-state index in [1.165, 1.54) is 0 Å². The molecule has 82 valence electrons. The molecule has 1 N–H and O–H groups in total. The average molecular weight is 279 g/mol. The van der Waals surface area contributed by atoms with E-state index in [0.717, 1.165) is 0 Å². The molecule has 1 aliphatic rings. The predicted octanol–water partition coefficient (Wildman–Crippen LogP) is 2.44. The van der Waals surface area contributed by atoms with Crippen LogP contribution in [-0.2, 0) is 0 Å². The zero-order valence-electron chi connectivity index (χ0n) is 8.51. The van der Waals surface area contributed by atoms with Crippen LogP contribution in [0.4, 0.5) is 0 Å². The molecule has 3 nitrogen and oxygen atoms in total. The molecule has 1 aliphatic heterocycles. The predicted molar refractivity (Wildman–Crippen MR) is 66.7 cm³/mol. The Labute approximate surface area is 103 Å². The number of carbonyl (C=O) groups is 1. The lowest BCUT2D eigenvalue weighted by molar-refractivity contribution is 0.0931. The number of allylic oxidation sites excluding steroid dienone is 2. The van der Waals surface area contributed by atoms with Crippen LogP contribution in [0.15, 0.2) is 54.8 Å². The zero-order chi connectivity index (χ0) is 11.4. The Bertz CT molecular complexity index is 428. The van der Waals surface area contributed by atoms with Crippen molar-refractivity contribution in [3.8, 4) is 0 Å². The quantitative estimate of drug-likeness (QED) is 0.843. The van der Waals surface area contributed by atoms with Gasteiger partial charge in [-0.05, 0) is 24.3 Å². The molecule has 2 rings (SSSR count). The van der Waals surface area contributed by atoms with Crippen molar-refractivity contribution in [3.63, 3.8) is 0 Å². The monoisotopic (exact) mass is 278 g/mol. The van der Waals surface area contributed by atoms with E-state index < -0.39 is 0 Å². The maximum Gasteiger partial charge on any atom is 0.253 e. The van der Waals surface area contributed by atoms with Gasteiger partial charge in [0.25, 0.3) is 5.91 Å². The lowest BCUT2D eigenvalue weighted by Gasteiger charge is -2.24. The number of carbonyl (C=O) groups excluding carboxylic acids is 1. The van der Waals surface area contributed by atoms with Gasteiger partial charge in [0.15, 0.2) is 0 Å². The van der Waals surface area contributed by atoms with Crippen molar-refractivity contribution in [1.82, 2.24) is 9.24 Å². The van der Waals surface area contributed by atoms with Crippen LogP contribution >= 0.6 is 16.1 Å². The standard InChI is InChI=1S/C12H11BrN2O/c13-15-9-5-4-8-11(15)14-12(16)10-6-2-1-3-7-10/h1-9,11H,(H,14,16). The summed E-state index contributed by atoms with van der Waals surface area (Å²) in [6.07, 6.45) is 7.37. The molecule has 0 aliphatic carbocycles. The highest BCUT2D eigenvalue weighted by molar-refractivity contribution is 9.07. The van der Waals surface area contributed by atoms with E-state index in [-0.39, 0.29) is 12.1 Å². The van der Waals surface area contributed by atoms with Gasteiger partial charge in [-0.2, -0.15) is 0 Å². The Morgan fingerprint density at radius 3 is 2.69 bits per heavy atom. The van der Waals surface area contributed by atoms with Crippen LogP contribution < -0.4 is 5.32 Å². The number of benzene rings is 1. The highest BCUT2D eigenvalue weighted by Gasteiger charge is 2.15. The second-order valence-corrected chi connectivity index (χ2v) is 4.17. The summed E-state index contributed by atoms with van der Waals surface area (Å²) in [7, 11) is 0. The molecule has 0 bridgehead atoms. The smallest absolute Gasteiger partial charge is 0.253 e. The summed E-state index contributed by atoms with van der Waals surface area (Å²) in [6.45, 7) is 0. The van der Waals surface area contributed by atoms with Crippen molar-refractivity contribution in [2.24, 2.45) is 0 Å². The van der Waals surface area contributed by atoms with Gasteiger partial charge in [0.1, 0.15) is 6.17 Å². The van der Waals surface area contributed by atoms with E-state index >= 15 is 0 Å². The van der Waals surface area contributed by atoms with Gasteiger partial charge < -0.3 is 5.32 Å². The Morgan fingerprint density at radius 1 is 1.25 bits per heavy atom. The molecule has 0 saturated heterocycles. The van der Waals surface area contributed by atoms with Gasteiger partial charge in [-0.25, -0.2) is 0 Å². The molecule has 1 atom stereocenters. The van der Waals surface area contributed by atoms with E-state index in [1.54, 1.807) is 16.1 Å². The van der Waals surface area contributed by atoms with Gasteiger partial charge in [0.05, 0.1) is 16.1 Å². The highest BCUT2D eigenvalue weighted by atomic mass is 79.9. The number of rotatable bonds is 2. The number of halogens is 1. The average Bonchev–Trinajstić information content (AvgIpc) is 2.33. The van der Waals surface area contributed by atoms with Gasteiger partial charge in [-0.3, -0.25) is 8.72 Å². The normalized spacial score (nSPS) is 18.6. The second kappa shape index (κ2) is 4.99. The Balaban J connectivity index is 2.03. The summed E-state index contributed by atoms with van der Waals surface area (Å²) in [5.74, 6) is -0.0880. The van der Waals surface area contributed by atoms with E-state index in [2.05, 4.69) is 21.5 Å². The van der Waals surface area contributed by atoms with Crippen molar-refractivity contribution in [1.29, 1.82) is 0 Å². The molecule has 0 spiro atoms. The molecular weight excluding hydrogens is 268 g/mol. The minimum atomic E-state index is -0.155. The van der Waals surface area contributed by atoms with Gasteiger partial charge in [0, 0.05) is 11.8 Å². The van der Waals surface area contributed by atoms with Crippen LogP contribution in [-0.4, -0.2) is 16.0 Å². The van der Waals surface area contributed by atoms with Gasteiger partial charge in [-0.15, -0.1) is 0 Å². The van der Waals surface area contributed by atoms with Crippen LogP contribution in [0.25, 0.3) is 0 Å². The van der Waals surface area contributed by atoms with Gasteiger partial charge >= 0.3 is 0 Å². The minimum absolute atomic E-state index is 0.0880. The van der Waals surface area contributed by atoms with Crippen LogP contribution in [0, 0.1) is 0 Å². The molecule has 4 heteroatoms. The first-order chi connectivity index (χ1) is 7.77. The van der Waals surface area contributed by atoms with E-state index in [9.17, 15) is 4.79 Å². The first-order valence-electron chi connectivity index (χ1n) is 4.92. The number of hydrogen-bond donors (Lipinski definition) is 1. The molecule has 1 unspecified atom stereocenters. The molecule has 0 saturated carbocycles. The first kappa shape index (κ1) is 11.0. The molecule has 1 aromatic carbocycles. The Kier molecular flexibility index (Phi) is 3.41. The summed E-state index contributed by atoms with van der Waals surface area (Å²) < 4.78 is 1.76. The van der Waals surface area contributed by atoms with Crippen LogP contribution in [0.3, 0.4) is 0 Å². The fourth-order valence-corrected chi connectivity index (χ4v) is 1.77. The fourth-order valence-electron chi connectivity index (χ4n) is 1.39. The molecule has 1 heterocycles. The highest BCUT2D eigenvalue weighted by Crippen LogP contribution is 2.11. The van der Waals surface area contributed by atoms with Crippen LogP contribution in [0.5, 0.6) is 0 Å². The summed E-state index contributed by atoms with van der Waals surface area (Å²) in [6, 6.07) is 9.15. The van der Waals surface area contributed by atoms with E-state index in [4.69, 9.17) is 0 Å². The third-order valence-electron chi connectivity index (χ3n) is 2.21. The van der Waals surface area contributed by atoms with Crippen molar-refractivity contribution < 1.29 is 4.79 Å². The molecule has 0 aromatic heterocycles. The minimum Gasteiger partial charge on any atom is -0.328 e. The van der Waals surface area contributed by atoms with Crippen molar-refractivity contribution in [3.05, 3.63) is 60.3 Å². The number of hydrogen-bond acceptors (Lipinski definition) is 2. The van der Waals surface area contributed by atoms with Crippen LogP contribution in [0.1, 0.15) is 10.4 Å². The largest absolute Gasteiger partial charge is 0.328 e. The molecule has 0 radical (unpaired) electrons. The third kappa shape index (κ3) is 2.52. The zero-order valence-corrected chi connectivity index (χ0v) is 10.1. The third-order valence-corrected chi connectivity index (χ3v) is 2.89. The summed E-state index contributed by atoms with van der Waals surface area (Å²) in [4.78, 5) is 11.8. The molecule has 0 fully saturated rings. The van der Waals surface area contributed by atoms with Crippen molar-refractivity contribution >= 4 is 22.1 Å². The second-order valence-electron chi connectivity index (χ2n) is 3.35. The number of amides is 1. The fraction of sp³-hybridized carbons (Fsp3) is 0.0833. The van der Waals surface area contributed by atoms with Gasteiger partial charge in [-0.1, -0.05) is 24.3 Å². The maximum absolute atomic E-state index is 11.8. The van der Waals surface area contributed by atoms with Crippen molar-refractivity contribution in [2.75, 3.05) is 0 Å². The Morgan fingerprint density at radius 2 is 2.00 bits per heavy atom. The first-order valence-corrected chi connectivity index (χ1v) is 5.63. The molecule has 16 heavy (non-hydrogen) atoms. The lowest BCUT2D eigenvalue weighted by Crippen LogP contribution is -2.41. The summed E-state index contributed by atoms with van der Waals surface area (Å²) in [5.41, 5.74) is 0.659. The molecule has 1 aromatic rings. The Hall–Kier alpha value is -1.55.